The number of carbonyl (C=O) groups is 1. The molecule has 0 bridgehead atoms. The SMILES string of the molecule is CC(C)CCCOCCOCCOCCOCCOCCNC(=O)CCCCCCCCO. The van der Waals surface area contributed by atoms with Gasteiger partial charge >= 0.3 is 0 Å². The summed E-state index contributed by atoms with van der Waals surface area (Å²) >= 11 is 0. The van der Waals surface area contributed by atoms with Gasteiger partial charge in [-0.25, -0.2) is 0 Å². The highest BCUT2D eigenvalue weighted by atomic mass is 16.6. The molecule has 0 aliphatic rings. The van der Waals surface area contributed by atoms with Crippen molar-refractivity contribution in [3.05, 3.63) is 0 Å². The lowest BCUT2D eigenvalue weighted by molar-refractivity contribution is -0.121. The van der Waals surface area contributed by atoms with Gasteiger partial charge in [-0.15, -0.1) is 0 Å². The van der Waals surface area contributed by atoms with Crippen LogP contribution in [0.25, 0.3) is 0 Å². The summed E-state index contributed by atoms with van der Waals surface area (Å²) in [6, 6.07) is 0. The van der Waals surface area contributed by atoms with Crippen LogP contribution in [0.1, 0.15) is 71.6 Å². The van der Waals surface area contributed by atoms with Gasteiger partial charge < -0.3 is 34.1 Å². The second-order valence-corrected chi connectivity index (χ2v) is 8.54. The van der Waals surface area contributed by atoms with E-state index in [-0.39, 0.29) is 12.5 Å². The summed E-state index contributed by atoms with van der Waals surface area (Å²) in [5.41, 5.74) is 0. The molecule has 0 saturated carbocycles. The van der Waals surface area contributed by atoms with E-state index in [0.717, 1.165) is 57.5 Å². The Morgan fingerprint density at radius 1 is 0.636 bits per heavy atom. The quantitative estimate of drug-likeness (QED) is 0.175. The smallest absolute Gasteiger partial charge is 0.220 e. The molecule has 198 valence electrons. The number of hydrogen-bond donors (Lipinski definition) is 2. The summed E-state index contributed by atoms with van der Waals surface area (Å²) in [5.74, 6) is 0.817. The summed E-state index contributed by atoms with van der Waals surface area (Å²) in [5, 5.41) is 11.6. The fourth-order valence-electron chi connectivity index (χ4n) is 3.03. The lowest BCUT2D eigenvalue weighted by Gasteiger charge is -2.09. The van der Waals surface area contributed by atoms with Crippen LogP contribution in [0.3, 0.4) is 0 Å². The van der Waals surface area contributed by atoms with Crippen LogP contribution < -0.4 is 5.32 Å². The molecule has 0 saturated heterocycles. The van der Waals surface area contributed by atoms with Crippen molar-refractivity contribution in [2.24, 2.45) is 5.92 Å². The molecule has 0 aliphatic heterocycles. The van der Waals surface area contributed by atoms with E-state index in [1.54, 1.807) is 0 Å². The molecule has 0 atom stereocenters. The zero-order valence-electron chi connectivity index (χ0n) is 21.3. The minimum absolute atomic E-state index is 0.0838. The molecular formula is C25H51NO7. The molecule has 8 nitrogen and oxygen atoms in total. The van der Waals surface area contributed by atoms with Gasteiger partial charge in [-0.3, -0.25) is 4.79 Å². The number of rotatable bonds is 27. The van der Waals surface area contributed by atoms with E-state index in [1.165, 1.54) is 6.42 Å². The van der Waals surface area contributed by atoms with Crippen LogP contribution in [0.5, 0.6) is 0 Å². The first-order valence-electron chi connectivity index (χ1n) is 12.9. The first kappa shape index (κ1) is 32.2. The fraction of sp³-hybridized carbons (Fsp3) is 0.960. The normalized spacial score (nSPS) is 11.4. The Balaban J connectivity index is 3.12. The summed E-state index contributed by atoms with van der Waals surface area (Å²) in [6.45, 7) is 11.0. The first-order valence-corrected chi connectivity index (χ1v) is 12.9. The average Bonchev–Trinajstić information content (AvgIpc) is 2.79. The van der Waals surface area contributed by atoms with Crippen molar-refractivity contribution in [2.75, 3.05) is 79.2 Å². The Morgan fingerprint density at radius 3 is 1.61 bits per heavy atom. The Labute approximate surface area is 202 Å². The molecule has 8 heteroatoms. The Bertz CT molecular complexity index is 397. The molecule has 0 aliphatic carbocycles. The van der Waals surface area contributed by atoms with Gasteiger partial charge in [0.05, 0.1) is 59.5 Å². The highest BCUT2D eigenvalue weighted by Gasteiger charge is 2.01. The fourth-order valence-corrected chi connectivity index (χ4v) is 3.03. The topological polar surface area (TPSA) is 95.5 Å². The predicted molar refractivity (Wildman–Crippen MR) is 131 cm³/mol. The molecule has 0 aromatic carbocycles. The highest BCUT2D eigenvalue weighted by molar-refractivity contribution is 5.75. The number of nitrogens with one attached hydrogen (secondary N) is 1. The molecule has 0 radical (unpaired) electrons. The molecular weight excluding hydrogens is 426 g/mol. The van der Waals surface area contributed by atoms with Gasteiger partial charge in [0, 0.05) is 26.2 Å². The molecule has 0 unspecified atom stereocenters. The third-order valence-corrected chi connectivity index (χ3v) is 4.94. The summed E-state index contributed by atoms with van der Waals surface area (Å²) < 4.78 is 27.3. The number of ether oxygens (including phenoxy) is 5. The van der Waals surface area contributed by atoms with Crippen molar-refractivity contribution in [3.8, 4) is 0 Å². The van der Waals surface area contributed by atoms with Crippen LogP contribution in [0.15, 0.2) is 0 Å². The number of carbonyl (C=O) groups excluding carboxylic acids is 1. The van der Waals surface area contributed by atoms with E-state index < -0.39 is 0 Å². The summed E-state index contributed by atoms with van der Waals surface area (Å²) in [6.07, 6.45) is 9.08. The zero-order chi connectivity index (χ0) is 24.2. The minimum atomic E-state index is 0.0838. The largest absolute Gasteiger partial charge is 0.396 e. The standard InChI is InChI=1S/C25H51NO7/c1-24(2)10-9-14-29-16-18-31-20-22-33-23-21-32-19-17-30-15-12-26-25(28)11-7-5-3-4-6-8-13-27/h24,27H,3-23H2,1-2H3,(H,26,28). The molecule has 0 aromatic heterocycles. The van der Waals surface area contributed by atoms with Crippen LogP contribution in [-0.4, -0.2) is 90.2 Å². The third-order valence-electron chi connectivity index (χ3n) is 4.94. The van der Waals surface area contributed by atoms with Gasteiger partial charge in [-0.2, -0.15) is 0 Å². The second kappa shape index (κ2) is 27.5. The third kappa shape index (κ3) is 29.2. The maximum Gasteiger partial charge on any atom is 0.220 e. The van der Waals surface area contributed by atoms with Crippen molar-refractivity contribution in [1.29, 1.82) is 0 Å². The molecule has 0 heterocycles. The van der Waals surface area contributed by atoms with E-state index in [9.17, 15) is 4.79 Å². The Morgan fingerprint density at radius 2 is 1.09 bits per heavy atom. The number of aliphatic hydroxyl groups excluding tert-OH is 1. The van der Waals surface area contributed by atoms with Crippen molar-refractivity contribution >= 4 is 5.91 Å². The molecule has 33 heavy (non-hydrogen) atoms. The molecule has 0 spiro atoms. The van der Waals surface area contributed by atoms with Crippen LogP contribution >= 0.6 is 0 Å². The van der Waals surface area contributed by atoms with Crippen LogP contribution in [0.4, 0.5) is 0 Å². The van der Waals surface area contributed by atoms with Crippen LogP contribution in [0.2, 0.25) is 0 Å². The van der Waals surface area contributed by atoms with Gasteiger partial charge in [0.15, 0.2) is 0 Å². The van der Waals surface area contributed by atoms with E-state index >= 15 is 0 Å². The Kier molecular flexibility index (Phi) is 26.8. The van der Waals surface area contributed by atoms with E-state index in [2.05, 4.69) is 19.2 Å². The lowest BCUT2D eigenvalue weighted by Crippen LogP contribution is -2.27. The van der Waals surface area contributed by atoms with E-state index in [0.29, 0.717) is 72.4 Å². The van der Waals surface area contributed by atoms with E-state index in [1.807, 2.05) is 0 Å². The van der Waals surface area contributed by atoms with Gasteiger partial charge in [-0.1, -0.05) is 39.5 Å². The number of amides is 1. The second-order valence-electron chi connectivity index (χ2n) is 8.54. The van der Waals surface area contributed by atoms with Gasteiger partial charge in [0.25, 0.3) is 0 Å². The van der Waals surface area contributed by atoms with E-state index in [4.69, 9.17) is 28.8 Å². The van der Waals surface area contributed by atoms with Crippen LogP contribution in [-0.2, 0) is 28.5 Å². The highest BCUT2D eigenvalue weighted by Crippen LogP contribution is 2.06. The Hall–Kier alpha value is -0.770. The molecule has 0 aromatic rings. The number of unbranched alkanes of at least 4 members (excludes halogenated alkanes) is 5. The van der Waals surface area contributed by atoms with Crippen molar-refractivity contribution < 1.29 is 33.6 Å². The van der Waals surface area contributed by atoms with Gasteiger partial charge in [0.2, 0.25) is 5.91 Å². The first-order chi connectivity index (χ1) is 16.2. The molecule has 2 N–H and O–H groups in total. The monoisotopic (exact) mass is 477 g/mol. The van der Waals surface area contributed by atoms with Crippen molar-refractivity contribution in [1.82, 2.24) is 5.32 Å². The summed E-state index contributed by atoms with van der Waals surface area (Å²) in [7, 11) is 0. The molecule has 0 fully saturated rings. The lowest BCUT2D eigenvalue weighted by atomic mass is 10.1. The average molecular weight is 478 g/mol. The maximum absolute atomic E-state index is 11.7. The zero-order valence-corrected chi connectivity index (χ0v) is 21.3. The minimum Gasteiger partial charge on any atom is -0.396 e. The molecule has 0 rings (SSSR count). The maximum atomic E-state index is 11.7. The number of aliphatic hydroxyl groups is 1. The summed E-state index contributed by atoms with van der Waals surface area (Å²) in [4.78, 5) is 11.7. The van der Waals surface area contributed by atoms with Crippen molar-refractivity contribution in [3.63, 3.8) is 0 Å². The molecule has 1 amide bonds. The van der Waals surface area contributed by atoms with Gasteiger partial charge in [-0.05, 0) is 31.6 Å². The predicted octanol–water partition coefficient (Wildman–Crippen LogP) is 3.34. The number of hydrogen-bond acceptors (Lipinski definition) is 7. The van der Waals surface area contributed by atoms with Crippen molar-refractivity contribution in [2.45, 2.75) is 71.6 Å². The van der Waals surface area contributed by atoms with Crippen LogP contribution in [0, 0.1) is 5.92 Å². The van der Waals surface area contributed by atoms with Gasteiger partial charge in [0.1, 0.15) is 0 Å².